The Bertz CT molecular complexity index is 816. The van der Waals surface area contributed by atoms with Gasteiger partial charge in [0.1, 0.15) is 0 Å². The number of hydrogen-bond donors (Lipinski definition) is 4. The highest BCUT2D eigenvalue weighted by Gasteiger charge is 2.20. The lowest BCUT2D eigenvalue weighted by molar-refractivity contribution is -0.119. The number of benzene rings is 1. The maximum absolute atomic E-state index is 11.0. The molecule has 28 heavy (non-hydrogen) atoms. The van der Waals surface area contributed by atoms with E-state index in [1.807, 2.05) is 24.4 Å². The number of nitrogens with zero attached hydrogens (tertiary/aromatic N) is 2. The summed E-state index contributed by atoms with van der Waals surface area (Å²) in [7, 11) is 1.78. The Morgan fingerprint density at radius 3 is 2.82 bits per heavy atom. The predicted octanol–water partition coefficient (Wildman–Crippen LogP) is 2.10. The Kier molecular flexibility index (Phi) is 8.84. The molecule has 154 valence electrons. The molecule has 1 aliphatic heterocycles. The number of fused-ring (bicyclic) bond motifs is 1. The number of piperidine rings is 1. The highest BCUT2D eigenvalue weighted by Crippen LogP contribution is 2.22. The second-order valence-electron chi connectivity index (χ2n) is 6.91. The molecule has 1 fully saturated rings. The summed E-state index contributed by atoms with van der Waals surface area (Å²) in [6.07, 6.45) is 4.84. The monoisotopic (exact) mass is 518 g/mol. The van der Waals surface area contributed by atoms with Gasteiger partial charge in [-0.05, 0) is 43.0 Å². The molecule has 7 nitrogen and oxygen atoms in total. The van der Waals surface area contributed by atoms with Gasteiger partial charge in [0, 0.05) is 54.8 Å². The summed E-state index contributed by atoms with van der Waals surface area (Å²) >= 11 is 6.11. The molecule has 0 saturated carbocycles. The van der Waals surface area contributed by atoms with Crippen molar-refractivity contribution in [1.29, 1.82) is 0 Å². The van der Waals surface area contributed by atoms with Crippen LogP contribution in [0.4, 0.5) is 0 Å². The van der Waals surface area contributed by atoms with E-state index < -0.39 is 0 Å². The number of hydrogen-bond acceptors (Lipinski definition) is 3. The molecule has 1 aromatic carbocycles. The Morgan fingerprint density at radius 1 is 1.39 bits per heavy atom. The van der Waals surface area contributed by atoms with Gasteiger partial charge in [-0.25, -0.2) is 0 Å². The predicted molar refractivity (Wildman–Crippen MR) is 126 cm³/mol. The van der Waals surface area contributed by atoms with E-state index in [4.69, 9.17) is 17.3 Å². The zero-order chi connectivity index (χ0) is 19.2. The van der Waals surface area contributed by atoms with Crippen LogP contribution in [-0.2, 0) is 11.2 Å². The van der Waals surface area contributed by atoms with E-state index in [-0.39, 0.29) is 29.9 Å². The van der Waals surface area contributed by atoms with Gasteiger partial charge in [-0.1, -0.05) is 11.6 Å². The number of aliphatic imine (C=N–C) groups is 1. The summed E-state index contributed by atoms with van der Waals surface area (Å²) in [5.41, 5.74) is 7.59. The van der Waals surface area contributed by atoms with Crippen molar-refractivity contribution in [1.82, 2.24) is 20.5 Å². The summed E-state index contributed by atoms with van der Waals surface area (Å²) in [5.74, 6) is 0.540. The lowest BCUT2D eigenvalue weighted by Gasteiger charge is -2.32. The number of rotatable bonds is 6. The quantitative estimate of drug-likeness (QED) is 0.267. The molecular weight excluding hydrogens is 491 g/mol. The first-order valence-electron chi connectivity index (χ1n) is 9.28. The molecule has 1 aliphatic rings. The molecule has 2 aromatic rings. The summed E-state index contributed by atoms with van der Waals surface area (Å²) < 4.78 is 0. The average Bonchev–Trinajstić information content (AvgIpc) is 3.04. The minimum absolute atomic E-state index is 0. The summed E-state index contributed by atoms with van der Waals surface area (Å²) in [4.78, 5) is 20.7. The number of halogens is 2. The van der Waals surface area contributed by atoms with Crippen molar-refractivity contribution < 1.29 is 4.79 Å². The lowest BCUT2D eigenvalue weighted by Crippen LogP contribution is -2.50. The number of guanidine groups is 1. The summed E-state index contributed by atoms with van der Waals surface area (Å²) in [6, 6.07) is 6.24. The normalized spacial score (nSPS) is 16.0. The number of primary amides is 1. The molecule has 1 aromatic heterocycles. The fraction of sp³-hybridized carbons (Fsp3) is 0.474. The van der Waals surface area contributed by atoms with Gasteiger partial charge in [0.15, 0.2) is 5.96 Å². The zero-order valence-corrected chi connectivity index (χ0v) is 19.1. The third kappa shape index (κ3) is 6.25. The SMILES string of the molecule is CN=C(NCCc1c[nH]c2ccc(Cl)cc12)NC1CCN(CC(N)=O)CC1.I. The van der Waals surface area contributed by atoms with Gasteiger partial charge in [-0.15, -0.1) is 24.0 Å². The van der Waals surface area contributed by atoms with E-state index in [1.54, 1.807) is 7.05 Å². The molecule has 0 bridgehead atoms. The Hall–Kier alpha value is -1.52. The number of carbonyl (C=O) groups excluding carboxylic acids is 1. The van der Waals surface area contributed by atoms with Gasteiger partial charge < -0.3 is 21.4 Å². The van der Waals surface area contributed by atoms with Gasteiger partial charge in [0.2, 0.25) is 5.91 Å². The average molecular weight is 519 g/mol. The molecule has 5 N–H and O–H groups in total. The molecule has 1 amide bonds. The van der Waals surface area contributed by atoms with Crippen LogP contribution in [0.3, 0.4) is 0 Å². The first-order chi connectivity index (χ1) is 13.0. The van der Waals surface area contributed by atoms with Crippen LogP contribution in [0.15, 0.2) is 29.4 Å². The molecule has 0 aliphatic carbocycles. The van der Waals surface area contributed by atoms with Crippen LogP contribution in [0.2, 0.25) is 5.02 Å². The maximum atomic E-state index is 11.0. The van der Waals surface area contributed by atoms with Crippen molar-refractivity contribution in [3.05, 3.63) is 35.0 Å². The van der Waals surface area contributed by atoms with Crippen LogP contribution in [0, 0.1) is 0 Å². The molecule has 0 radical (unpaired) electrons. The minimum Gasteiger partial charge on any atom is -0.369 e. The number of nitrogens with two attached hydrogens (primary N) is 1. The van der Waals surface area contributed by atoms with E-state index in [9.17, 15) is 4.79 Å². The maximum Gasteiger partial charge on any atom is 0.231 e. The van der Waals surface area contributed by atoms with Gasteiger partial charge in [-0.3, -0.25) is 14.7 Å². The van der Waals surface area contributed by atoms with Crippen LogP contribution in [0.1, 0.15) is 18.4 Å². The first-order valence-corrected chi connectivity index (χ1v) is 9.66. The third-order valence-electron chi connectivity index (χ3n) is 4.95. The minimum atomic E-state index is -0.266. The molecule has 2 heterocycles. The number of carbonyl (C=O) groups is 1. The number of likely N-dealkylation sites (tertiary alicyclic amines) is 1. The van der Waals surface area contributed by atoms with Crippen LogP contribution < -0.4 is 16.4 Å². The van der Waals surface area contributed by atoms with E-state index >= 15 is 0 Å². The number of aromatic nitrogens is 1. The van der Waals surface area contributed by atoms with E-state index in [1.165, 1.54) is 5.56 Å². The van der Waals surface area contributed by atoms with Crippen molar-refractivity contribution in [2.75, 3.05) is 33.2 Å². The van der Waals surface area contributed by atoms with Crippen LogP contribution in [0.25, 0.3) is 10.9 Å². The fourth-order valence-electron chi connectivity index (χ4n) is 3.52. The van der Waals surface area contributed by atoms with Crippen molar-refractivity contribution in [3.63, 3.8) is 0 Å². The first kappa shape index (κ1) is 22.8. The molecule has 0 atom stereocenters. The van der Waals surface area contributed by atoms with E-state index in [0.717, 1.165) is 60.8 Å². The van der Waals surface area contributed by atoms with Crippen LogP contribution in [0.5, 0.6) is 0 Å². The smallest absolute Gasteiger partial charge is 0.231 e. The van der Waals surface area contributed by atoms with Crippen molar-refractivity contribution in [2.24, 2.45) is 10.7 Å². The topological polar surface area (TPSA) is 98.5 Å². The third-order valence-corrected chi connectivity index (χ3v) is 5.18. The van der Waals surface area contributed by atoms with E-state index in [0.29, 0.717) is 12.6 Å². The van der Waals surface area contributed by atoms with Gasteiger partial charge >= 0.3 is 0 Å². The molecule has 0 spiro atoms. The van der Waals surface area contributed by atoms with Crippen LogP contribution in [-0.4, -0.2) is 61.0 Å². The second kappa shape index (κ2) is 10.9. The molecule has 9 heteroatoms. The molecular formula is C19H28ClIN6O. The number of nitrogens with one attached hydrogen (secondary N) is 3. The number of H-pyrrole nitrogens is 1. The molecule has 0 unspecified atom stereocenters. The number of aromatic amines is 1. The van der Waals surface area contributed by atoms with Crippen molar-refractivity contribution in [2.45, 2.75) is 25.3 Å². The Morgan fingerprint density at radius 2 is 2.14 bits per heavy atom. The highest BCUT2D eigenvalue weighted by molar-refractivity contribution is 14.0. The van der Waals surface area contributed by atoms with Gasteiger partial charge in [-0.2, -0.15) is 0 Å². The van der Waals surface area contributed by atoms with Gasteiger partial charge in [0.05, 0.1) is 6.54 Å². The zero-order valence-electron chi connectivity index (χ0n) is 16.0. The van der Waals surface area contributed by atoms with Gasteiger partial charge in [0.25, 0.3) is 0 Å². The standard InChI is InChI=1S/C19H27ClN6O.HI/c1-22-19(25-15-5-8-26(9-6-15)12-18(21)27)23-7-4-13-11-24-17-3-2-14(20)10-16(13)17;/h2-3,10-11,15,24H,4-9,12H2,1H3,(H2,21,27)(H2,22,23,25);1H. The largest absolute Gasteiger partial charge is 0.369 e. The fourth-order valence-corrected chi connectivity index (χ4v) is 3.69. The van der Waals surface area contributed by atoms with E-state index in [2.05, 4.69) is 25.5 Å². The lowest BCUT2D eigenvalue weighted by atomic mass is 10.1. The summed E-state index contributed by atoms with van der Waals surface area (Å²) in [5, 5.41) is 8.76. The van der Waals surface area contributed by atoms with Crippen molar-refractivity contribution in [3.8, 4) is 0 Å². The Balaban J connectivity index is 0.00000280. The second-order valence-corrected chi connectivity index (χ2v) is 7.35. The summed E-state index contributed by atoms with van der Waals surface area (Å²) in [6.45, 7) is 2.86. The molecule has 3 rings (SSSR count). The van der Waals surface area contributed by atoms with Crippen molar-refractivity contribution >= 4 is 58.3 Å². The van der Waals surface area contributed by atoms with Crippen LogP contribution >= 0.6 is 35.6 Å². The highest BCUT2D eigenvalue weighted by atomic mass is 127. The number of amides is 1. The Labute approximate surface area is 187 Å². The molecule has 1 saturated heterocycles.